The number of nitro benzene ring substituents is 1. The van der Waals surface area contributed by atoms with Crippen LogP contribution in [0.25, 0.3) is 0 Å². The first-order chi connectivity index (χ1) is 15.8. The maximum atomic E-state index is 14.1. The van der Waals surface area contributed by atoms with Crippen molar-refractivity contribution in [2.45, 2.75) is 23.5 Å². The van der Waals surface area contributed by atoms with Crippen molar-refractivity contribution in [2.24, 2.45) is 0 Å². The van der Waals surface area contributed by atoms with Crippen LogP contribution in [0.15, 0.2) is 76.1 Å². The van der Waals surface area contributed by atoms with Crippen molar-refractivity contribution in [3.05, 3.63) is 92.7 Å². The molecule has 170 valence electrons. The molecule has 0 spiro atoms. The van der Waals surface area contributed by atoms with E-state index in [1.54, 1.807) is 30.3 Å². The standard InChI is InChI=1S/C23H19BrFN3O4S/c1-2-21(23(30)27-20-10-9-15(24)12-19(20)25)33-18-8-4-6-16(13-18)26-22(29)14-5-3-7-17(11-14)28(31)32/h3-13,21H,2H2,1H3,(H,26,29)(H,27,30). The van der Waals surface area contributed by atoms with Crippen molar-refractivity contribution in [1.82, 2.24) is 0 Å². The van der Waals surface area contributed by atoms with Crippen LogP contribution in [0.3, 0.4) is 0 Å². The van der Waals surface area contributed by atoms with Crippen LogP contribution >= 0.6 is 27.7 Å². The quantitative estimate of drug-likeness (QED) is 0.203. The number of amides is 2. The van der Waals surface area contributed by atoms with Gasteiger partial charge in [-0.25, -0.2) is 4.39 Å². The smallest absolute Gasteiger partial charge is 0.270 e. The largest absolute Gasteiger partial charge is 0.323 e. The molecule has 2 N–H and O–H groups in total. The number of nitrogens with one attached hydrogen (secondary N) is 2. The Morgan fingerprint density at radius 2 is 1.85 bits per heavy atom. The lowest BCUT2D eigenvalue weighted by molar-refractivity contribution is -0.384. The van der Waals surface area contributed by atoms with E-state index >= 15 is 0 Å². The Kier molecular flexibility index (Phi) is 8.18. The van der Waals surface area contributed by atoms with Gasteiger partial charge in [0, 0.05) is 32.8 Å². The Labute approximate surface area is 202 Å². The number of nitrogens with zero attached hydrogens (tertiary/aromatic N) is 1. The van der Waals surface area contributed by atoms with Gasteiger partial charge >= 0.3 is 0 Å². The second kappa shape index (κ2) is 11.1. The number of carbonyl (C=O) groups is 2. The average molecular weight is 532 g/mol. The van der Waals surface area contributed by atoms with Gasteiger partial charge in [0.1, 0.15) is 5.82 Å². The van der Waals surface area contributed by atoms with E-state index in [1.807, 2.05) is 6.92 Å². The van der Waals surface area contributed by atoms with Gasteiger partial charge < -0.3 is 10.6 Å². The summed E-state index contributed by atoms with van der Waals surface area (Å²) in [6.45, 7) is 1.85. The SMILES string of the molecule is CCC(Sc1cccc(NC(=O)c2cccc([N+](=O)[O-])c2)c1)C(=O)Nc1ccc(Br)cc1F. The fourth-order valence-corrected chi connectivity index (χ4v) is 4.25. The van der Waals surface area contributed by atoms with Crippen LogP contribution in [0.2, 0.25) is 0 Å². The molecule has 0 aliphatic carbocycles. The van der Waals surface area contributed by atoms with Gasteiger partial charge in [0.25, 0.3) is 11.6 Å². The number of hydrogen-bond acceptors (Lipinski definition) is 5. The first-order valence-corrected chi connectivity index (χ1v) is 11.5. The molecule has 3 aromatic carbocycles. The molecule has 1 atom stereocenters. The number of nitro groups is 1. The molecule has 3 rings (SSSR count). The number of benzene rings is 3. The highest BCUT2D eigenvalue weighted by molar-refractivity contribution is 9.10. The monoisotopic (exact) mass is 531 g/mol. The van der Waals surface area contributed by atoms with E-state index < -0.39 is 21.9 Å². The summed E-state index contributed by atoms with van der Waals surface area (Å²) in [4.78, 5) is 36.3. The second-order valence-electron chi connectivity index (χ2n) is 6.92. The van der Waals surface area contributed by atoms with Gasteiger partial charge in [-0.15, -0.1) is 11.8 Å². The number of carbonyl (C=O) groups excluding carboxylic acids is 2. The molecule has 2 amide bonds. The Morgan fingerprint density at radius 1 is 1.09 bits per heavy atom. The van der Waals surface area contributed by atoms with Gasteiger partial charge in [0.15, 0.2) is 0 Å². The van der Waals surface area contributed by atoms with Crippen LogP contribution in [0.5, 0.6) is 0 Å². The molecule has 0 bridgehead atoms. The van der Waals surface area contributed by atoms with E-state index in [4.69, 9.17) is 0 Å². The highest BCUT2D eigenvalue weighted by Crippen LogP contribution is 2.29. The predicted molar refractivity (Wildman–Crippen MR) is 130 cm³/mol. The molecule has 0 saturated carbocycles. The van der Waals surface area contributed by atoms with E-state index in [-0.39, 0.29) is 22.8 Å². The zero-order valence-corrected chi connectivity index (χ0v) is 19.8. The van der Waals surface area contributed by atoms with E-state index in [2.05, 4.69) is 26.6 Å². The van der Waals surface area contributed by atoms with Crippen LogP contribution in [0.4, 0.5) is 21.5 Å². The molecular weight excluding hydrogens is 513 g/mol. The lowest BCUT2D eigenvalue weighted by Crippen LogP contribution is -2.25. The van der Waals surface area contributed by atoms with Crippen molar-refractivity contribution in [2.75, 3.05) is 10.6 Å². The lowest BCUT2D eigenvalue weighted by atomic mass is 10.2. The maximum absolute atomic E-state index is 14.1. The minimum absolute atomic E-state index is 0.0974. The van der Waals surface area contributed by atoms with Crippen molar-refractivity contribution < 1.29 is 18.9 Å². The number of non-ortho nitro benzene ring substituents is 1. The molecule has 0 aromatic heterocycles. The Morgan fingerprint density at radius 3 is 2.55 bits per heavy atom. The number of hydrogen-bond donors (Lipinski definition) is 2. The molecule has 0 aliphatic heterocycles. The normalized spacial score (nSPS) is 11.5. The first-order valence-electron chi connectivity index (χ1n) is 9.85. The highest BCUT2D eigenvalue weighted by Gasteiger charge is 2.20. The molecule has 10 heteroatoms. The number of halogens is 2. The summed E-state index contributed by atoms with van der Waals surface area (Å²) >= 11 is 4.47. The lowest BCUT2D eigenvalue weighted by Gasteiger charge is -2.16. The molecule has 1 unspecified atom stereocenters. The topological polar surface area (TPSA) is 101 Å². The van der Waals surface area contributed by atoms with Crippen LogP contribution in [0, 0.1) is 15.9 Å². The summed E-state index contributed by atoms with van der Waals surface area (Å²) in [5, 5.41) is 15.8. The first kappa shape index (κ1) is 24.4. The van der Waals surface area contributed by atoms with Crippen LogP contribution in [-0.2, 0) is 4.79 Å². The fourth-order valence-electron chi connectivity index (χ4n) is 2.90. The van der Waals surface area contributed by atoms with Gasteiger partial charge in [0.05, 0.1) is 15.9 Å². The van der Waals surface area contributed by atoms with Gasteiger partial charge in [-0.3, -0.25) is 19.7 Å². The number of thioether (sulfide) groups is 1. The van der Waals surface area contributed by atoms with E-state index in [1.165, 1.54) is 48.2 Å². The summed E-state index contributed by atoms with van der Waals surface area (Å²) in [6.07, 6.45) is 0.499. The zero-order valence-electron chi connectivity index (χ0n) is 17.4. The van der Waals surface area contributed by atoms with E-state index in [9.17, 15) is 24.1 Å². The maximum Gasteiger partial charge on any atom is 0.270 e. The van der Waals surface area contributed by atoms with E-state index in [0.717, 1.165) is 4.90 Å². The second-order valence-corrected chi connectivity index (χ2v) is 9.11. The van der Waals surface area contributed by atoms with Gasteiger partial charge in [0.2, 0.25) is 5.91 Å². The van der Waals surface area contributed by atoms with Gasteiger partial charge in [-0.2, -0.15) is 0 Å². The van der Waals surface area contributed by atoms with Gasteiger partial charge in [-0.05, 0) is 48.9 Å². The summed E-state index contributed by atoms with van der Waals surface area (Å²) in [7, 11) is 0. The fraction of sp³-hybridized carbons (Fsp3) is 0.130. The Bertz CT molecular complexity index is 1210. The predicted octanol–water partition coefficient (Wildman–Crippen LogP) is 6.26. The summed E-state index contributed by atoms with van der Waals surface area (Å²) in [5.41, 5.74) is 0.557. The summed E-state index contributed by atoms with van der Waals surface area (Å²) in [6, 6.07) is 16.7. The third-order valence-corrected chi connectivity index (χ3v) is 6.39. The van der Waals surface area contributed by atoms with Crippen LogP contribution in [-0.4, -0.2) is 22.0 Å². The molecule has 0 fully saturated rings. The molecule has 0 radical (unpaired) electrons. The Balaban J connectivity index is 1.69. The molecule has 33 heavy (non-hydrogen) atoms. The summed E-state index contributed by atoms with van der Waals surface area (Å²) < 4.78 is 14.6. The van der Waals surface area contributed by atoms with Gasteiger partial charge in [-0.1, -0.05) is 35.0 Å². The molecule has 0 heterocycles. The third-order valence-electron chi connectivity index (χ3n) is 4.54. The molecule has 3 aromatic rings. The van der Waals surface area contributed by atoms with Crippen molar-refractivity contribution in [3.8, 4) is 0 Å². The minimum atomic E-state index is -0.565. The number of anilines is 2. The molecule has 7 nitrogen and oxygen atoms in total. The minimum Gasteiger partial charge on any atom is -0.323 e. The molecular formula is C23H19BrFN3O4S. The van der Waals surface area contributed by atoms with Crippen molar-refractivity contribution in [3.63, 3.8) is 0 Å². The number of rotatable bonds is 8. The van der Waals surface area contributed by atoms with E-state index in [0.29, 0.717) is 16.6 Å². The van der Waals surface area contributed by atoms with Crippen LogP contribution in [0.1, 0.15) is 23.7 Å². The molecule has 0 aliphatic rings. The zero-order chi connectivity index (χ0) is 24.0. The average Bonchev–Trinajstić information content (AvgIpc) is 2.79. The van der Waals surface area contributed by atoms with Crippen molar-refractivity contribution in [1.29, 1.82) is 0 Å². The summed E-state index contributed by atoms with van der Waals surface area (Å²) in [5.74, 6) is -1.37. The van der Waals surface area contributed by atoms with Crippen molar-refractivity contribution >= 4 is 56.6 Å². The van der Waals surface area contributed by atoms with Crippen LogP contribution < -0.4 is 10.6 Å². The third kappa shape index (κ3) is 6.62. The molecule has 0 saturated heterocycles. The highest BCUT2D eigenvalue weighted by atomic mass is 79.9. The Hall–Kier alpha value is -3.24.